The van der Waals surface area contributed by atoms with Gasteiger partial charge in [0, 0.05) is 16.9 Å². The molecule has 2 rings (SSSR count). The molecule has 0 aliphatic heterocycles. The van der Waals surface area contributed by atoms with Crippen LogP contribution >= 0.6 is 11.8 Å². The molecule has 1 amide bonds. The number of thioether (sulfide) groups is 1. The van der Waals surface area contributed by atoms with E-state index in [-0.39, 0.29) is 22.1 Å². The van der Waals surface area contributed by atoms with E-state index in [1.54, 1.807) is 12.1 Å². The monoisotopic (exact) mass is 280 g/mol. The van der Waals surface area contributed by atoms with Gasteiger partial charge in [-0.05, 0) is 37.3 Å². The van der Waals surface area contributed by atoms with E-state index in [1.165, 1.54) is 18.9 Å². The summed E-state index contributed by atoms with van der Waals surface area (Å²) in [5.41, 5.74) is 6.25. The average Bonchev–Trinajstić information content (AvgIpc) is 2.89. The van der Waals surface area contributed by atoms with Crippen LogP contribution in [0.4, 0.5) is 5.69 Å². The lowest BCUT2D eigenvalue weighted by Gasteiger charge is -2.26. The molecule has 1 aromatic carbocycles. The normalized spacial score (nSPS) is 17.3. The summed E-state index contributed by atoms with van der Waals surface area (Å²) in [6.07, 6.45) is 6.88. The van der Waals surface area contributed by atoms with E-state index in [9.17, 15) is 9.90 Å². The van der Waals surface area contributed by atoms with Crippen molar-refractivity contribution in [3.8, 4) is 5.75 Å². The van der Waals surface area contributed by atoms with Crippen molar-refractivity contribution in [2.75, 3.05) is 18.5 Å². The minimum Gasteiger partial charge on any atom is -0.506 e. The van der Waals surface area contributed by atoms with Gasteiger partial charge in [0.25, 0.3) is 5.91 Å². The maximum atomic E-state index is 12.1. The number of nitrogens with two attached hydrogens (primary N) is 1. The molecular weight excluding hydrogens is 260 g/mol. The van der Waals surface area contributed by atoms with Crippen LogP contribution in [0.2, 0.25) is 0 Å². The highest BCUT2D eigenvalue weighted by molar-refractivity contribution is 8.00. The number of aromatic hydroxyl groups is 1. The van der Waals surface area contributed by atoms with Gasteiger partial charge in [-0.2, -0.15) is 11.8 Å². The molecule has 1 saturated carbocycles. The lowest BCUT2D eigenvalue weighted by molar-refractivity contribution is 0.0949. The minimum atomic E-state index is -0.157. The van der Waals surface area contributed by atoms with Gasteiger partial charge in [0.15, 0.2) is 0 Å². The summed E-state index contributed by atoms with van der Waals surface area (Å²) in [6, 6.07) is 4.58. The highest BCUT2D eigenvalue weighted by atomic mass is 32.2. The molecule has 5 heteroatoms. The predicted molar refractivity (Wildman–Crippen MR) is 79.6 cm³/mol. The first-order valence-corrected chi connectivity index (χ1v) is 7.71. The lowest BCUT2D eigenvalue weighted by atomic mass is 10.1. The zero-order valence-electron chi connectivity index (χ0n) is 11.1. The summed E-state index contributed by atoms with van der Waals surface area (Å²) in [5.74, 6) is -0.205. The van der Waals surface area contributed by atoms with E-state index in [0.29, 0.717) is 12.1 Å². The van der Waals surface area contributed by atoms with Crippen molar-refractivity contribution >= 4 is 23.4 Å². The molecule has 0 spiro atoms. The highest BCUT2D eigenvalue weighted by Gasteiger charge is 2.33. The Morgan fingerprint density at radius 2 is 2.16 bits per heavy atom. The van der Waals surface area contributed by atoms with E-state index in [1.807, 2.05) is 11.8 Å². The SMILES string of the molecule is CSC1(CNC(=O)c2ccc(N)c(O)c2)CCCC1. The topological polar surface area (TPSA) is 75.4 Å². The van der Waals surface area contributed by atoms with Crippen molar-refractivity contribution in [1.82, 2.24) is 5.32 Å². The number of phenolic OH excluding ortho intramolecular Hbond substituents is 1. The molecule has 104 valence electrons. The Kier molecular flexibility index (Phi) is 4.24. The van der Waals surface area contributed by atoms with Crippen LogP contribution in [-0.2, 0) is 0 Å². The third-order valence-electron chi connectivity index (χ3n) is 3.81. The maximum absolute atomic E-state index is 12.1. The van der Waals surface area contributed by atoms with Gasteiger partial charge in [0.2, 0.25) is 0 Å². The molecule has 1 fully saturated rings. The first-order chi connectivity index (χ1) is 9.06. The summed E-state index contributed by atoms with van der Waals surface area (Å²) in [5, 5.41) is 12.5. The Balaban J connectivity index is 1.99. The van der Waals surface area contributed by atoms with Crippen molar-refractivity contribution in [3.05, 3.63) is 23.8 Å². The Hall–Kier alpha value is -1.36. The number of rotatable bonds is 4. The van der Waals surface area contributed by atoms with Crippen LogP contribution in [0.5, 0.6) is 5.75 Å². The van der Waals surface area contributed by atoms with Crippen molar-refractivity contribution in [2.45, 2.75) is 30.4 Å². The van der Waals surface area contributed by atoms with E-state index >= 15 is 0 Å². The molecule has 0 radical (unpaired) electrons. The summed E-state index contributed by atoms with van der Waals surface area (Å²) >= 11 is 1.84. The van der Waals surface area contributed by atoms with E-state index in [2.05, 4.69) is 11.6 Å². The van der Waals surface area contributed by atoms with Crippen LogP contribution < -0.4 is 11.1 Å². The van der Waals surface area contributed by atoms with Gasteiger partial charge < -0.3 is 16.2 Å². The molecule has 0 atom stereocenters. The number of carbonyl (C=O) groups excluding carboxylic acids is 1. The van der Waals surface area contributed by atoms with Gasteiger partial charge in [-0.1, -0.05) is 12.8 Å². The smallest absolute Gasteiger partial charge is 0.251 e. The molecule has 0 saturated heterocycles. The van der Waals surface area contributed by atoms with Gasteiger partial charge in [0.05, 0.1) is 5.69 Å². The molecule has 4 N–H and O–H groups in total. The number of nitrogen functional groups attached to an aromatic ring is 1. The number of benzene rings is 1. The molecule has 0 unspecified atom stereocenters. The molecular formula is C14H20N2O2S. The van der Waals surface area contributed by atoms with Crippen molar-refractivity contribution in [3.63, 3.8) is 0 Å². The molecule has 0 bridgehead atoms. The summed E-state index contributed by atoms with van der Waals surface area (Å²) in [7, 11) is 0. The standard InChI is InChI=1S/C14H20N2O2S/c1-19-14(6-2-3-7-14)9-16-13(18)10-4-5-11(15)12(17)8-10/h4-5,8,17H,2-3,6-7,9,15H2,1H3,(H,16,18). The molecule has 1 aliphatic rings. The fourth-order valence-electron chi connectivity index (χ4n) is 2.50. The van der Waals surface area contributed by atoms with Gasteiger partial charge in [-0.15, -0.1) is 0 Å². The molecule has 1 aromatic rings. The number of carbonyl (C=O) groups is 1. The highest BCUT2D eigenvalue weighted by Crippen LogP contribution is 2.39. The molecule has 0 aromatic heterocycles. The van der Waals surface area contributed by atoms with Gasteiger partial charge in [0.1, 0.15) is 5.75 Å². The quantitative estimate of drug-likeness (QED) is 0.584. The predicted octanol–water partition coefficient (Wildman–Crippen LogP) is 2.38. The van der Waals surface area contributed by atoms with Crippen molar-refractivity contribution in [2.24, 2.45) is 0 Å². The fraction of sp³-hybridized carbons (Fsp3) is 0.500. The first-order valence-electron chi connectivity index (χ1n) is 6.48. The van der Waals surface area contributed by atoms with Crippen LogP contribution in [0.25, 0.3) is 0 Å². The van der Waals surface area contributed by atoms with Crippen LogP contribution in [0.1, 0.15) is 36.0 Å². The largest absolute Gasteiger partial charge is 0.506 e. The number of amides is 1. The molecule has 19 heavy (non-hydrogen) atoms. The van der Waals surface area contributed by atoms with Gasteiger partial charge in [-0.3, -0.25) is 4.79 Å². The number of anilines is 1. The first kappa shape index (κ1) is 14.1. The van der Waals surface area contributed by atoms with Gasteiger partial charge in [-0.25, -0.2) is 0 Å². The third-order valence-corrected chi connectivity index (χ3v) is 5.23. The lowest BCUT2D eigenvalue weighted by Crippen LogP contribution is -2.38. The number of hydrogen-bond donors (Lipinski definition) is 3. The van der Waals surface area contributed by atoms with Crippen LogP contribution in [-0.4, -0.2) is 28.6 Å². The Labute approximate surface area is 117 Å². The summed E-state index contributed by atoms with van der Waals surface area (Å²) in [6.45, 7) is 0.679. The zero-order valence-corrected chi connectivity index (χ0v) is 11.9. The Morgan fingerprint density at radius 1 is 1.47 bits per heavy atom. The second kappa shape index (κ2) is 5.74. The molecule has 1 aliphatic carbocycles. The molecule has 4 nitrogen and oxygen atoms in total. The van der Waals surface area contributed by atoms with Gasteiger partial charge >= 0.3 is 0 Å². The summed E-state index contributed by atoms with van der Waals surface area (Å²) < 4.78 is 0.186. The average molecular weight is 280 g/mol. The minimum absolute atomic E-state index is 0.0481. The third kappa shape index (κ3) is 3.15. The summed E-state index contributed by atoms with van der Waals surface area (Å²) in [4.78, 5) is 12.1. The van der Waals surface area contributed by atoms with Crippen LogP contribution in [0.15, 0.2) is 18.2 Å². The Bertz CT molecular complexity index is 471. The Morgan fingerprint density at radius 3 is 2.74 bits per heavy atom. The van der Waals surface area contributed by atoms with Crippen LogP contribution in [0.3, 0.4) is 0 Å². The fourth-order valence-corrected chi connectivity index (χ4v) is 3.41. The molecule has 0 heterocycles. The van der Waals surface area contributed by atoms with E-state index < -0.39 is 0 Å². The second-order valence-corrected chi connectivity index (χ2v) is 6.32. The number of phenols is 1. The number of nitrogens with one attached hydrogen (secondary N) is 1. The maximum Gasteiger partial charge on any atom is 0.251 e. The van der Waals surface area contributed by atoms with Crippen LogP contribution in [0, 0.1) is 0 Å². The number of hydrogen-bond acceptors (Lipinski definition) is 4. The van der Waals surface area contributed by atoms with Crippen molar-refractivity contribution < 1.29 is 9.90 Å². The van der Waals surface area contributed by atoms with E-state index in [0.717, 1.165) is 12.8 Å². The second-order valence-electron chi connectivity index (χ2n) is 5.05. The van der Waals surface area contributed by atoms with Crippen molar-refractivity contribution in [1.29, 1.82) is 0 Å². The van der Waals surface area contributed by atoms with E-state index in [4.69, 9.17) is 5.73 Å². The zero-order chi connectivity index (χ0) is 13.9.